The maximum Gasteiger partial charge on any atom is 0.183 e. The first kappa shape index (κ1) is 10.5. The average molecular weight is 239 g/mol. The summed E-state index contributed by atoms with van der Waals surface area (Å²) in [5.41, 5.74) is 2.19. The van der Waals surface area contributed by atoms with Crippen molar-refractivity contribution in [2.75, 3.05) is 11.9 Å². The molecule has 0 radical (unpaired) electrons. The zero-order valence-corrected chi connectivity index (χ0v) is 9.92. The lowest BCUT2D eigenvalue weighted by atomic mass is 10.3. The molecule has 0 saturated carbocycles. The second-order valence-corrected chi connectivity index (χ2v) is 4.72. The van der Waals surface area contributed by atoms with E-state index in [-0.39, 0.29) is 0 Å². The minimum absolute atomic E-state index is 0.603. The molecule has 0 spiro atoms. The van der Waals surface area contributed by atoms with Crippen molar-refractivity contribution in [3.63, 3.8) is 0 Å². The monoisotopic (exact) mass is 238 g/mol. The zero-order chi connectivity index (χ0) is 10.7. The van der Waals surface area contributed by atoms with E-state index >= 15 is 0 Å². The van der Waals surface area contributed by atoms with E-state index in [1.807, 2.05) is 30.6 Å². The molecule has 0 aliphatic heterocycles. The van der Waals surface area contributed by atoms with Crippen LogP contribution >= 0.6 is 22.9 Å². The lowest BCUT2D eigenvalue weighted by Crippen LogP contribution is -2.16. The molecule has 0 fully saturated rings. The Kier molecular flexibility index (Phi) is 3.23. The van der Waals surface area contributed by atoms with Crippen LogP contribution in [-0.2, 0) is 6.54 Å². The molecule has 0 atom stereocenters. The van der Waals surface area contributed by atoms with Crippen LogP contribution in [0.4, 0.5) is 5.69 Å². The minimum atomic E-state index is 0.603. The molecule has 78 valence electrons. The summed E-state index contributed by atoms with van der Waals surface area (Å²) in [6.07, 6.45) is 0. The lowest BCUT2D eigenvalue weighted by Gasteiger charge is -2.17. The van der Waals surface area contributed by atoms with E-state index in [4.69, 9.17) is 11.6 Å². The van der Waals surface area contributed by atoms with E-state index in [9.17, 15) is 0 Å². The second kappa shape index (κ2) is 4.64. The summed E-state index contributed by atoms with van der Waals surface area (Å²) in [4.78, 5) is 6.36. The molecule has 1 aromatic heterocycles. The van der Waals surface area contributed by atoms with Crippen molar-refractivity contribution in [2.45, 2.75) is 6.54 Å². The number of anilines is 1. The summed E-state index contributed by atoms with van der Waals surface area (Å²) in [6.45, 7) is 0.785. The van der Waals surface area contributed by atoms with Gasteiger partial charge >= 0.3 is 0 Å². The van der Waals surface area contributed by atoms with Crippen molar-refractivity contribution in [3.8, 4) is 0 Å². The molecular weight excluding hydrogens is 228 g/mol. The van der Waals surface area contributed by atoms with Crippen molar-refractivity contribution in [2.24, 2.45) is 0 Å². The molecule has 2 nitrogen and oxygen atoms in total. The van der Waals surface area contributed by atoms with Gasteiger partial charge in [0.2, 0.25) is 0 Å². The van der Waals surface area contributed by atoms with E-state index in [1.165, 1.54) is 17.0 Å². The SMILES string of the molecule is CN(Cc1csc(Cl)n1)c1ccccc1. The summed E-state index contributed by atoms with van der Waals surface area (Å²) < 4.78 is 0.603. The van der Waals surface area contributed by atoms with Gasteiger partial charge in [0, 0.05) is 18.1 Å². The largest absolute Gasteiger partial charge is 0.369 e. The van der Waals surface area contributed by atoms with Gasteiger partial charge < -0.3 is 4.90 Å². The van der Waals surface area contributed by atoms with Crippen molar-refractivity contribution in [1.29, 1.82) is 0 Å². The Labute approximate surface area is 98.1 Å². The van der Waals surface area contributed by atoms with Crippen LogP contribution in [-0.4, -0.2) is 12.0 Å². The van der Waals surface area contributed by atoms with Gasteiger partial charge in [-0.2, -0.15) is 0 Å². The van der Waals surface area contributed by atoms with E-state index in [1.54, 1.807) is 0 Å². The van der Waals surface area contributed by atoms with Gasteiger partial charge in [-0.05, 0) is 12.1 Å². The van der Waals surface area contributed by atoms with Crippen LogP contribution in [0, 0.1) is 0 Å². The van der Waals surface area contributed by atoms with Crippen LogP contribution in [0.5, 0.6) is 0 Å². The molecule has 0 bridgehead atoms. The zero-order valence-electron chi connectivity index (χ0n) is 8.35. The molecule has 15 heavy (non-hydrogen) atoms. The van der Waals surface area contributed by atoms with Gasteiger partial charge in [-0.1, -0.05) is 29.8 Å². The number of halogens is 1. The fraction of sp³-hybridized carbons (Fsp3) is 0.182. The van der Waals surface area contributed by atoms with Gasteiger partial charge in [-0.25, -0.2) is 4.98 Å². The maximum absolute atomic E-state index is 5.78. The van der Waals surface area contributed by atoms with Crippen LogP contribution in [0.3, 0.4) is 0 Å². The summed E-state index contributed by atoms with van der Waals surface area (Å²) in [5, 5.41) is 1.99. The second-order valence-electron chi connectivity index (χ2n) is 3.28. The van der Waals surface area contributed by atoms with Crippen molar-refractivity contribution in [1.82, 2.24) is 4.98 Å². The number of para-hydroxylation sites is 1. The van der Waals surface area contributed by atoms with E-state index in [0.29, 0.717) is 4.47 Å². The lowest BCUT2D eigenvalue weighted by molar-refractivity contribution is 0.895. The summed E-state index contributed by atoms with van der Waals surface area (Å²) >= 11 is 7.25. The van der Waals surface area contributed by atoms with Gasteiger partial charge in [-0.15, -0.1) is 11.3 Å². The summed E-state index contributed by atoms with van der Waals surface area (Å²) in [5.74, 6) is 0. The third-order valence-corrected chi connectivity index (χ3v) is 3.15. The molecule has 0 amide bonds. The molecule has 0 aliphatic rings. The van der Waals surface area contributed by atoms with E-state index < -0.39 is 0 Å². The van der Waals surface area contributed by atoms with Crippen LogP contribution in [0.25, 0.3) is 0 Å². The first-order chi connectivity index (χ1) is 7.25. The topological polar surface area (TPSA) is 16.1 Å². The highest BCUT2D eigenvalue weighted by Crippen LogP contribution is 2.18. The summed E-state index contributed by atoms with van der Waals surface area (Å²) in [7, 11) is 2.04. The molecule has 0 saturated heterocycles. The highest BCUT2D eigenvalue weighted by molar-refractivity contribution is 7.13. The predicted octanol–water partition coefficient (Wildman–Crippen LogP) is 3.43. The molecule has 4 heteroatoms. The quantitative estimate of drug-likeness (QED) is 0.815. The molecule has 2 rings (SSSR count). The number of thiazole rings is 1. The standard InChI is InChI=1S/C11H11ClN2S/c1-14(10-5-3-2-4-6-10)7-9-8-15-11(12)13-9/h2-6,8H,7H2,1H3. The summed E-state index contributed by atoms with van der Waals surface area (Å²) in [6, 6.07) is 10.2. The Balaban J connectivity index is 2.07. The number of nitrogens with zero attached hydrogens (tertiary/aromatic N) is 2. The van der Waals surface area contributed by atoms with Crippen molar-refractivity contribution in [3.05, 3.63) is 45.9 Å². The number of rotatable bonds is 3. The Morgan fingerprint density at radius 1 is 1.33 bits per heavy atom. The van der Waals surface area contributed by atoms with Crippen LogP contribution in [0.2, 0.25) is 4.47 Å². The first-order valence-corrected chi connectivity index (χ1v) is 5.87. The predicted molar refractivity (Wildman–Crippen MR) is 65.7 cm³/mol. The fourth-order valence-electron chi connectivity index (χ4n) is 1.37. The number of hydrogen-bond acceptors (Lipinski definition) is 3. The Morgan fingerprint density at radius 3 is 2.67 bits per heavy atom. The molecule has 0 unspecified atom stereocenters. The van der Waals surface area contributed by atoms with Crippen LogP contribution < -0.4 is 4.90 Å². The van der Waals surface area contributed by atoms with Gasteiger partial charge in [0.05, 0.1) is 12.2 Å². The van der Waals surface area contributed by atoms with Gasteiger partial charge in [0.25, 0.3) is 0 Å². The fourth-order valence-corrected chi connectivity index (χ4v) is 2.14. The smallest absolute Gasteiger partial charge is 0.183 e. The molecule has 0 N–H and O–H groups in total. The van der Waals surface area contributed by atoms with Crippen LogP contribution in [0.1, 0.15) is 5.69 Å². The molecule has 1 aromatic carbocycles. The van der Waals surface area contributed by atoms with Crippen molar-refractivity contribution >= 4 is 28.6 Å². The minimum Gasteiger partial charge on any atom is -0.369 e. The number of aromatic nitrogens is 1. The molecular formula is C11H11ClN2S. The average Bonchev–Trinajstić information content (AvgIpc) is 2.65. The number of benzene rings is 1. The third kappa shape index (κ3) is 2.70. The Bertz CT molecular complexity index is 427. The Hall–Kier alpha value is -1.06. The van der Waals surface area contributed by atoms with Gasteiger partial charge in [0.15, 0.2) is 4.47 Å². The molecule has 2 aromatic rings. The molecule has 0 aliphatic carbocycles. The maximum atomic E-state index is 5.78. The number of hydrogen-bond donors (Lipinski definition) is 0. The van der Waals surface area contributed by atoms with Gasteiger partial charge in [-0.3, -0.25) is 0 Å². The molecule has 1 heterocycles. The van der Waals surface area contributed by atoms with E-state index in [0.717, 1.165) is 12.2 Å². The third-order valence-electron chi connectivity index (χ3n) is 2.12. The van der Waals surface area contributed by atoms with E-state index in [2.05, 4.69) is 22.0 Å². The Morgan fingerprint density at radius 2 is 2.07 bits per heavy atom. The highest BCUT2D eigenvalue weighted by atomic mass is 35.5. The van der Waals surface area contributed by atoms with Gasteiger partial charge in [0.1, 0.15) is 0 Å². The van der Waals surface area contributed by atoms with Crippen LogP contribution in [0.15, 0.2) is 35.7 Å². The van der Waals surface area contributed by atoms with Crippen molar-refractivity contribution < 1.29 is 0 Å². The highest BCUT2D eigenvalue weighted by Gasteiger charge is 2.04. The first-order valence-electron chi connectivity index (χ1n) is 4.62. The normalized spacial score (nSPS) is 10.3.